The average Bonchev–Trinajstić information content (AvgIpc) is 2.31. The molecule has 2 rings (SSSR count). The number of rotatable bonds is 3. The third-order valence-electron chi connectivity index (χ3n) is 2.00. The molecule has 0 spiro atoms. The van der Waals surface area contributed by atoms with E-state index in [-0.39, 0.29) is 0 Å². The van der Waals surface area contributed by atoms with E-state index in [1.54, 1.807) is 0 Å². The van der Waals surface area contributed by atoms with Gasteiger partial charge in [0.15, 0.2) is 0 Å². The smallest absolute Gasteiger partial charge is 0.216 e. The van der Waals surface area contributed by atoms with Gasteiger partial charge in [0.05, 0.1) is 12.3 Å². The van der Waals surface area contributed by atoms with Crippen LogP contribution in [0.1, 0.15) is 6.92 Å². The van der Waals surface area contributed by atoms with Crippen molar-refractivity contribution in [2.45, 2.75) is 6.92 Å². The maximum atomic E-state index is 5.32. The van der Waals surface area contributed by atoms with Gasteiger partial charge in [-0.15, -0.1) is 0 Å². The van der Waals surface area contributed by atoms with Crippen molar-refractivity contribution in [3.8, 4) is 17.1 Å². The molecule has 2 aromatic rings. The average molecular weight is 200 g/mol. The zero-order valence-electron chi connectivity index (χ0n) is 8.55. The van der Waals surface area contributed by atoms with Crippen LogP contribution in [0.5, 0.6) is 5.88 Å². The lowest BCUT2D eigenvalue weighted by atomic mass is 10.1. The van der Waals surface area contributed by atoms with Gasteiger partial charge >= 0.3 is 0 Å². The molecular formula is C12H12N2O. The summed E-state index contributed by atoms with van der Waals surface area (Å²) in [7, 11) is 0. The molecule has 0 amide bonds. The Labute approximate surface area is 88.8 Å². The van der Waals surface area contributed by atoms with Crippen molar-refractivity contribution in [3.05, 3.63) is 42.7 Å². The molecule has 76 valence electrons. The number of nitrogens with zero attached hydrogens (tertiary/aromatic N) is 2. The Hall–Kier alpha value is -1.90. The molecule has 15 heavy (non-hydrogen) atoms. The first-order chi connectivity index (χ1) is 7.40. The number of aromatic nitrogens is 2. The van der Waals surface area contributed by atoms with Crippen LogP contribution in [0, 0.1) is 0 Å². The topological polar surface area (TPSA) is 35.0 Å². The van der Waals surface area contributed by atoms with Gasteiger partial charge in [-0.2, -0.15) is 0 Å². The van der Waals surface area contributed by atoms with Gasteiger partial charge in [-0.25, -0.2) is 9.97 Å². The van der Waals surface area contributed by atoms with Gasteiger partial charge < -0.3 is 4.74 Å². The number of benzene rings is 1. The van der Waals surface area contributed by atoms with E-state index < -0.39 is 0 Å². The molecule has 0 atom stereocenters. The monoisotopic (exact) mass is 200 g/mol. The second-order valence-electron chi connectivity index (χ2n) is 3.04. The highest BCUT2D eigenvalue weighted by molar-refractivity contribution is 5.59. The van der Waals surface area contributed by atoms with Crippen LogP contribution in [0.3, 0.4) is 0 Å². The predicted octanol–water partition coefficient (Wildman–Crippen LogP) is 2.54. The summed E-state index contributed by atoms with van der Waals surface area (Å²) < 4.78 is 5.32. The molecule has 0 saturated carbocycles. The minimum absolute atomic E-state index is 0.616. The molecule has 0 fully saturated rings. The molecule has 1 aromatic carbocycles. The van der Waals surface area contributed by atoms with Crippen LogP contribution in [0.4, 0.5) is 0 Å². The van der Waals surface area contributed by atoms with Crippen LogP contribution in [-0.2, 0) is 0 Å². The third kappa shape index (κ3) is 2.31. The zero-order chi connectivity index (χ0) is 10.5. The fourth-order valence-electron chi connectivity index (χ4n) is 1.33. The normalized spacial score (nSPS) is 9.93. The van der Waals surface area contributed by atoms with Gasteiger partial charge in [0.1, 0.15) is 6.33 Å². The lowest BCUT2D eigenvalue weighted by molar-refractivity contribution is 0.326. The molecule has 0 saturated heterocycles. The molecule has 0 aliphatic heterocycles. The Kier molecular flexibility index (Phi) is 2.93. The van der Waals surface area contributed by atoms with E-state index in [4.69, 9.17) is 4.74 Å². The van der Waals surface area contributed by atoms with Gasteiger partial charge in [0.25, 0.3) is 0 Å². The summed E-state index contributed by atoms with van der Waals surface area (Å²) in [5.41, 5.74) is 1.95. The number of hydrogen-bond acceptors (Lipinski definition) is 3. The standard InChI is InChI=1S/C12H12N2O/c1-2-15-12-8-11(13-9-14-12)10-6-4-3-5-7-10/h3-9H,2H2,1H3. The summed E-state index contributed by atoms with van der Waals surface area (Å²) in [5.74, 6) is 0.617. The second-order valence-corrected chi connectivity index (χ2v) is 3.04. The molecule has 3 nitrogen and oxygen atoms in total. The van der Waals surface area contributed by atoms with Gasteiger partial charge in [-0.1, -0.05) is 30.3 Å². The first-order valence-corrected chi connectivity index (χ1v) is 4.90. The first kappa shape index (κ1) is 9.65. The quantitative estimate of drug-likeness (QED) is 0.763. The molecule has 0 radical (unpaired) electrons. The summed E-state index contributed by atoms with van der Waals surface area (Å²) in [6.45, 7) is 2.55. The third-order valence-corrected chi connectivity index (χ3v) is 2.00. The van der Waals surface area contributed by atoms with E-state index in [1.165, 1.54) is 6.33 Å². The molecule has 0 N–H and O–H groups in total. The highest BCUT2D eigenvalue weighted by atomic mass is 16.5. The minimum Gasteiger partial charge on any atom is -0.478 e. The van der Waals surface area contributed by atoms with E-state index in [9.17, 15) is 0 Å². The van der Waals surface area contributed by atoms with Gasteiger partial charge in [-0.3, -0.25) is 0 Å². The SMILES string of the molecule is CCOc1cc(-c2ccccc2)ncn1. The van der Waals surface area contributed by atoms with E-state index in [0.29, 0.717) is 12.5 Å². The summed E-state index contributed by atoms with van der Waals surface area (Å²) in [6, 6.07) is 11.8. The van der Waals surface area contributed by atoms with Crippen LogP contribution in [0.25, 0.3) is 11.3 Å². The lowest BCUT2D eigenvalue weighted by Crippen LogP contribution is -1.95. The van der Waals surface area contributed by atoms with Crippen LogP contribution in [0.15, 0.2) is 42.7 Å². The number of ether oxygens (including phenoxy) is 1. The Bertz CT molecular complexity index is 429. The van der Waals surface area contributed by atoms with Crippen molar-refractivity contribution in [1.29, 1.82) is 0 Å². The number of hydrogen-bond donors (Lipinski definition) is 0. The Balaban J connectivity index is 2.33. The van der Waals surface area contributed by atoms with Gasteiger partial charge in [0, 0.05) is 11.6 Å². The Morgan fingerprint density at radius 3 is 2.67 bits per heavy atom. The molecule has 0 bridgehead atoms. The van der Waals surface area contributed by atoms with E-state index >= 15 is 0 Å². The van der Waals surface area contributed by atoms with Crippen molar-refractivity contribution in [1.82, 2.24) is 9.97 Å². The molecule has 3 heteroatoms. The highest BCUT2D eigenvalue weighted by Gasteiger charge is 2.00. The molecule has 0 aliphatic rings. The maximum absolute atomic E-state index is 5.32. The van der Waals surface area contributed by atoms with Crippen molar-refractivity contribution < 1.29 is 4.74 Å². The summed E-state index contributed by atoms with van der Waals surface area (Å²) >= 11 is 0. The van der Waals surface area contributed by atoms with Crippen molar-refractivity contribution in [2.75, 3.05) is 6.61 Å². The molecule has 1 aromatic heterocycles. The van der Waals surface area contributed by atoms with Crippen LogP contribution >= 0.6 is 0 Å². The fraction of sp³-hybridized carbons (Fsp3) is 0.167. The molecular weight excluding hydrogens is 188 g/mol. The molecule has 0 unspecified atom stereocenters. The highest BCUT2D eigenvalue weighted by Crippen LogP contribution is 2.18. The Morgan fingerprint density at radius 1 is 1.13 bits per heavy atom. The van der Waals surface area contributed by atoms with Gasteiger partial charge in [0.2, 0.25) is 5.88 Å². The van der Waals surface area contributed by atoms with Crippen molar-refractivity contribution in [3.63, 3.8) is 0 Å². The van der Waals surface area contributed by atoms with Crippen molar-refractivity contribution in [2.24, 2.45) is 0 Å². The molecule has 1 heterocycles. The Morgan fingerprint density at radius 2 is 1.93 bits per heavy atom. The zero-order valence-corrected chi connectivity index (χ0v) is 8.55. The minimum atomic E-state index is 0.616. The van der Waals surface area contributed by atoms with E-state index in [2.05, 4.69) is 9.97 Å². The van der Waals surface area contributed by atoms with Gasteiger partial charge in [-0.05, 0) is 6.92 Å². The molecule has 0 aliphatic carbocycles. The fourth-order valence-corrected chi connectivity index (χ4v) is 1.33. The largest absolute Gasteiger partial charge is 0.478 e. The summed E-state index contributed by atoms with van der Waals surface area (Å²) in [5, 5.41) is 0. The van der Waals surface area contributed by atoms with Crippen LogP contribution in [0.2, 0.25) is 0 Å². The second kappa shape index (κ2) is 4.55. The van der Waals surface area contributed by atoms with Crippen LogP contribution < -0.4 is 4.74 Å². The maximum Gasteiger partial charge on any atom is 0.216 e. The van der Waals surface area contributed by atoms with Crippen LogP contribution in [-0.4, -0.2) is 16.6 Å². The summed E-state index contributed by atoms with van der Waals surface area (Å²) in [4.78, 5) is 8.22. The van der Waals surface area contributed by atoms with E-state index in [0.717, 1.165) is 11.3 Å². The first-order valence-electron chi connectivity index (χ1n) is 4.90. The van der Waals surface area contributed by atoms with Crippen molar-refractivity contribution >= 4 is 0 Å². The lowest BCUT2D eigenvalue weighted by Gasteiger charge is -2.03. The summed E-state index contributed by atoms with van der Waals surface area (Å²) in [6.07, 6.45) is 1.52. The van der Waals surface area contributed by atoms with E-state index in [1.807, 2.05) is 43.3 Å². The predicted molar refractivity (Wildman–Crippen MR) is 58.6 cm³/mol.